The van der Waals surface area contributed by atoms with Crippen molar-refractivity contribution in [1.82, 2.24) is 19.4 Å². The van der Waals surface area contributed by atoms with Crippen LogP contribution in [0.25, 0.3) is 10.2 Å². The Morgan fingerprint density at radius 1 is 1.19 bits per heavy atom. The number of nitrogens with zero attached hydrogens (tertiary/aromatic N) is 4. The predicted octanol–water partition coefficient (Wildman–Crippen LogP) is 2.63. The lowest BCUT2D eigenvalue weighted by atomic mass is 9.89. The molecule has 3 aromatic rings. The van der Waals surface area contributed by atoms with Gasteiger partial charge in [-0.3, -0.25) is 19.0 Å². The Kier molecular flexibility index (Phi) is 5.39. The molecule has 1 atom stereocenters. The number of piperazine rings is 1. The van der Waals surface area contributed by atoms with Crippen LogP contribution in [-0.4, -0.2) is 57.3 Å². The van der Waals surface area contributed by atoms with Gasteiger partial charge in [-0.25, -0.2) is 4.98 Å². The molecule has 31 heavy (non-hydrogen) atoms. The van der Waals surface area contributed by atoms with E-state index >= 15 is 0 Å². The first-order valence-electron chi connectivity index (χ1n) is 10.6. The van der Waals surface area contributed by atoms with Crippen LogP contribution in [0.5, 0.6) is 0 Å². The number of thiophene rings is 2. The van der Waals surface area contributed by atoms with Gasteiger partial charge < -0.3 is 9.80 Å². The molecule has 1 saturated heterocycles. The van der Waals surface area contributed by atoms with Crippen LogP contribution in [0.4, 0.5) is 0 Å². The van der Waals surface area contributed by atoms with Gasteiger partial charge in [-0.1, -0.05) is 13.0 Å². The number of carbonyl (C=O) groups is 2. The van der Waals surface area contributed by atoms with Crippen molar-refractivity contribution in [2.45, 2.75) is 32.7 Å². The van der Waals surface area contributed by atoms with Gasteiger partial charge in [0.05, 0.1) is 16.6 Å². The number of aryl methyl sites for hydroxylation is 1. The zero-order valence-corrected chi connectivity index (χ0v) is 19.0. The molecule has 3 aromatic heterocycles. The fourth-order valence-corrected chi connectivity index (χ4v) is 6.47. The molecule has 0 aromatic carbocycles. The van der Waals surface area contributed by atoms with Crippen LogP contribution in [0.15, 0.2) is 28.6 Å². The Labute approximate surface area is 187 Å². The molecule has 0 N–H and O–H groups in total. The van der Waals surface area contributed by atoms with Gasteiger partial charge in [-0.05, 0) is 42.2 Å². The first-order valence-corrected chi connectivity index (χ1v) is 12.3. The summed E-state index contributed by atoms with van der Waals surface area (Å²) in [4.78, 5) is 49.3. The Balaban J connectivity index is 1.28. The highest BCUT2D eigenvalue weighted by molar-refractivity contribution is 7.18. The first kappa shape index (κ1) is 20.4. The van der Waals surface area contributed by atoms with Gasteiger partial charge in [0.25, 0.3) is 11.5 Å². The van der Waals surface area contributed by atoms with E-state index in [0.29, 0.717) is 37.5 Å². The lowest BCUT2D eigenvalue weighted by Crippen LogP contribution is -2.51. The highest BCUT2D eigenvalue weighted by Gasteiger charge is 2.27. The Hall–Kier alpha value is -2.52. The predicted molar refractivity (Wildman–Crippen MR) is 122 cm³/mol. The van der Waals surface area contributed by atoms with E-state index in [0.717, 1.165) is 34.5 Å². The fraction of sp³-hybridized carbons (Fsp3) is 0.455. The number of amides is 2. The number of rotatable bonds is 3. The van der Waals surface area contributed by atoms with Gasteiger partial charge in [0, 0.05) is 31.1 Å². The van der Waals surface area contributed by atoms with E-state index in [1.54, 1.807) is 21.1 Å². The lowest BCUT2D eigenvalue weighted by molar-refractivity contribution is -0.133. The maximum Gasteiger partial charge on any atom is 0.264 e. The molecule has 162 valence electrons. The van der Waals surface area contributed by atoms with Gasteiger partial charge in [-0.2, -0.15) is 0 Å². The second-order valence-electron chi connectivity index (χ2n) is 8.36. The minimum absolute atomic E-state index is 0.0122. The minimum Gasteiger partial charge on any atom is -0.338 e. The van der Waals surface area contributed by atoms with Gasteiger partial charge in [0.15, 0.2) is 0 Å². The van der Waals surface area contributed by atoms with Gasteiger partial charge in [0.1, 0.15) is 11.4 Å². The van der Waals surface area contributed by atoms with Crippen molar-refractivity contribution in [3.63, 3.8) is 0 Å². The van der Waals surface area contributed by atoms with Gasteiger partial charge >= 0.3 is 0 Å². The molecule has 0 spiro atoms. The lowest BCUT2D eigenvalue weighted by Gasteiger charge is -2.34. The average molecular weight is 457 g/mol. The Morgan fingerprint density at radius 2 is 1.97 bits per heavy atom. The number of fused-ring (bicyclic) bond motifs is 3. The van der Waals surface area contributed by atoms with E-state index < -0.39 is 0 Å². The number of hydrogen-bond donors (Lipinski definition) is 0. The molecular formula is C22H24N4O3S2. The van der Waals surface area contributed by atoms with Crippen LogP contribution < -0.4 is 5.56 Å². The molecule has 2 aliphatic rings. The number of aromatic nitrogens is 2. The van der Waals surface area contributed by atoms with Gasteiger partial charge in [0.2, 0.25) is 5.91 Å². The molecule has 1 fully saturated rings. The smallest absolute Gasteiger partial charge is 0.264 e. The van der Waals surface area contributed by atoms with E-state index in [4.69, 9.17) is 0 Å². The molecule has 1 aliphatic heterocycles. The monoisotopic (exact) mass is 456 g/mol. The number of hydrogen-bond acceptors (Lipinski definition) is 6. The summed E-state index contributed by atoms with van der Waals surface area (Å²) < 4.78 is 1.44. The van der Waals surface area contributed by atoms with E-state index in [1.165, 1.54) is 27.1 Å². The van der Waals surface area contributed by atoms with E-state index in [9.17, 15) is 14.4 Å². The van der Waals surface area contributed by atoms with E-state index in [1.807, 2.05) is 17.5 Å². The van der Waals surface area contributed by atoms with Crippen molar-refractivity contribution in [3.05, 3.63) is 49.5 Å². The largest absolute Gasteiger partial charge is 0.338 e. The summed E-state index contributed by atoms with van der Waals surface area (Å²) in [5, 5.41) is 2.59. The Morgan fingerprint density at radius 3 is 2.71 bits per heavy atom. The Bertz CT molecular complexity index is 1190. The first-order chi connectivity index (χ1) is 15.0. The van der Waals surface area contributed by atoms with Crippen molar-refractivity contribution < 1.29 is 9.59 Å². The maximum atomic E-state index is 13.1. The molecule has 0 radical (unpaired) electrons. The van der Waals surface area contributed by atoms with Crippen molar-refractivity contribution >= 4 is 44.7 Å². The van der Waals surface area contributed by atoms with Crippen LogP contribution >= 0.6 is 22.7 Å². The summed E-state index contributed by atoms with van der Waals surface area (Å²) >= 11 is 3.05. The summed E-state index contributed by atoms with van der Waals surface area (Å²) in [5.41, 5.74) is 1.02. The summed E-state index contributed by atoms with van der Waals surface area (Å²) in [6, 6.07) is 3.69. The van der Waals surface area contributed by atoms with Crippen LogP contribution in [0.2, 0.25) is 0 Å². The fourth-order valence-electron chi connectivity index (χ4n) is 4.44. The molecule has 7 nitrogen and oxygen atoms in total. The third-order valence-electron chi connectivity index (χ3n) is 6.24. The van der Waals surface area contributed by atoms with Crippen LogP contribution in [0.3, 0.4) is 0 Å². The minimum atomic E-state index is -0.114. The van der Waals surface area contributed by atoms with Crippen molar-refractivity contribution in [2.75, 3.05) is 26.2 Å². The molecule has 9 heteroatoms. The van der Waals surface area contributed by atoms with Crippen molar-refractivity contribution in [1.29, 1.82) is 0 Å². The molecule has 1 unspecified atom stereocenters. The standard InChI is InChI=1S/C22H24N4O3S2/c1-14-4-5-15-17(11-14)31-20-19(15)22(29)26(13-23-20)12-18(27)24-6-8-25(9-7-24)21(28)16-3-2-10-30-16/h2-3,10,13-14H,4-9,11-12H2,1H3. The highest BCUT2D eigenvalue weighted by atomic mass is 32.1. The maximum absolute atomic E-state index is 13.1. The summed E-state index contributed by atoms with van der Waals surface area (Å²) in [5.74, 6) is 0.545. The molecule has 4 heterocycles. The molecule has 1 aliphatic carbocycles. The molecular weight excluding hydrogens is 432 g/mol. The second-order valence-corrected chi connectivity index (χ2v) is 10.4. The summed E-state index contributed by atoms with van der Waals surface area (Å²) in [6.07, 6.45) is 4.50. The van der Waals surface area contributed by atoms with E-state index in [-0.39, 0.29) is 23.9 Å². The second kappa shape index (κ2) is 8.20. The van der Waals surface area contributed by atoms with Crippen LogP contribution in [0.1, 0.15) is 33.5 Å². The van der Waals surface area contributed by atoms with Crippen LogP contribution in [0, 0.1) is 5.92 Å². The topological polar surface area (TPSA) is 75.5 Å². The normalized spacial score (nSPS) is 18.9. The van der Waals surface area contributed by atoms with E-state index in [2.05, 4.69) is 11.9 Å². The molecule has 2 amide bonds. The average Bonchev–Trinajstić information content (AvgIpc) is 3.43. The molecule has 0 bridgehead atoms. The van der Waals surface area contributed by atoms with Crippen molar-refractivity contribution in [3.8, 4) is 0 Å². The van der Waals surface area contributed by atoms with Crippen molar-refractivity contribution in [2.24, 2.45) is 5.92 Å². The third kappa shape index (κ3) is 3.80. The van der Waals surface area contributed by atoms with Crippen LogP contribution in [-0.2, 0) is 24.2 Å². The zero-order chi connectivity index (χ0) is 21.5. The number of carbonyl (C=O) groups excluding carboxylic acids is 2. The SMILES string of the molecule is CC1CCc2c(sc3ncn(CC(=O)N4CCN(C(=O)c5cccs5)CC4)c(=O)c23)C1. The highest BCUT2D eigenvalue weighted by Crippen LogP contribution is 2.35. The molecule has 5 rings (SSSR count). The molecule has 0 saturated carbocycles. The third-order valence-corrected chi connectivity index (χ3v) is 8.26. The zero-order valence-electron chi connectivity index (χ0n) is 17.4. The summed E-state index contributed by atoms with van der Waals surface area (Å²) in [6.45, 7) is 4.20. The quantitative estimate of drug-likeness (QED) is 0.607. The van der Waals surface area contributed by atoms with Gasteiger partial charge in [-0.15, -0.1) is 22.7 Å². The summed E-state index contributed by atoms with van der Waals surface area (Å²) in [7, 11) is 0.